The van der Waals surface area contributed by atoms with Crippen molar-refractivity contribution in [3.8, 4) is 0 Å². The molecule has 1 aliphatic carbocycles. The zero-order valence-corrected chi connectivity index (χ0v) is 23.7. The maximum absolute atomic E-state index is 14.0. The molecule has 2 aliphatic rings. The maximum atomic E-state index is 14.0. The van der Waals surface area contributed by atoms with Crippen LogP contribution in [0, 0.1) is 13.8 Å². The molecule has 37 heavy (non-hydrogen) atoms. The molecule has 0 unspecified atom stereocenters. The largest absolute Gasteiger partial charge is 0.265 e. The van der Waals surface area contributed by atoms with Crippen molar-refractivity contribution in [1.82, 2.24) is 8.61 Å². The predicted molar refractivity (Wildman–Crippen MR) is 148 cm³/mol. The van der Waals surface area contributed by atoms with Crippen molar-refractivity contribution in [2.45, 2.75) is 75.5 Å². The number of allylic oxidation sites excluding steroid dienone is 2. The summed E-state index contributed by atoms with van der Waals surface area (Å²) in [5, 5.41) is 0. The SMILES string of the molecule is CCCCCCC1=CCCC2=C1N(S(=O)(=O)c1ccc(C)cc1)CCN(S(=O)(=O)c1ccc(C)cc1)C2. The van der Waals surface area contributed by atoms with Gasteiger partial charge in [0.15, 0.2) is 0 Å². The van der Waals surface area contributed by atoms with Gasteiger partial charge in [0.2, 0.25) is 10.0 Å². The Kier molecular flexibility index (Phi) is 8.61. The van der Waals surface area contributed by atoms with Crippen molar-refractivity contribution in [3.05, 3.63) is 82.6 Å². The molecule has 1 aliphatic heterocycles. The van der Waals surface area contributed by atoms with Crippen LogP contribution < -0.4 is 0 Å². The van der Waals surface area contributed by atoms with E-state index in [0.717, 1.165) is 60.8 Å². The molecule has 4 rings (SSSR count). The Balaban J connectivity index is 1.75. The molecule has 6 nitrogen and oxygen atoms in total. The second-order valence-electron chi connectivity index (χ2n) is 10.1. The summed E-state index contributed by atoms with van der Waals surface area (Å²) in [5.74, 6) is 0. The van der Waals surface area contributed by atoms with Crippen LogP contribution in [0.3, 0.4) is 0 Å². The minimum Gasteiger partial charge on any atom is -0.265 e. The van der Waals surface area contributed by atoms with Gasteiger partial charge in [-0.15, -0.1) is 0 Å². The Morgan fingerprint density at radius 1 is 0.757 bits per heavy atom. The van der Waals surface area contributed by atoms with Gasteiger partial charge in [0.25, 0.3) is 10.0 Å². The lowest BCUT2D eigenvalue weighted by molar-refractivity contribution is 0.409. The predicted octanol–water partition coefficient (Wildman–Crippen LogP) is 5.94. The van der Waals surface area contributed by atoms with Gasteiger partial charge >= 0.3 is 0 Å². The van der Waals surface area contributed by atoms with Crippen LogP contribution in [0.2, 0.25) is 0 Å². The van der Waals surface area contributed by atoms with E-state index in [-0.39, 0.29) is 29.4 Å². The number of hydrogen-bond donors (Lipinski definition) is 0. The third kappa shape index (κ3) is 6.02. The van der Waals surface area contributed by atoms with Crippen LogP contribution >= 0.6 is 0 Å². The third-order valence-corrected chi connectivity index (χ3v) is 10.9. The van der Waals surface area contributed by atoms with Crippen LogP contribution in [0.5, 0.6) is 0 Å². The van der Waals surface area contributed by atoms with E-state index in [1.54, 1.807) is 48.5 Å². The third-order valence-electron chi connectivity index (χ3n) is 7.21. The number of benzene rings is 2. The lowest BCUT2D eigenvalue weighted by Gasteiger charge is -2.31. The summed E-state index contributed by atoms with van der Waals surface area (Å²) < 4.78 is 58.2. The number of sulfonamides is 2. The van der Waals surface area contributed by atoms with Gasteiger partial charge in [0, 0.05) is 19.6 Å². The van der Waals surface area contributed by atoms with Crippen molar-refractivity contribution in [3.63, 3.8) is 0 Å². The average Bonchev–Trinajstić information content (AvgIpc) is 3.08. The summed E-state index contributed by atoms with van der Waals surface area (Å²) in [5.41, 5.74) is 4.60. The van der Waals surface area contributed by atoms with E-state index in [9.17, 15) is 16.8 Å². The highest BCUT2D eigenvalue weighted by molar-refractivity contribution is 7.89. The van der Waals surface area contributed by atoms with E-state index in [4.69, 9.17) is 0 Å². The van der Waals surface area contributed by atoms with Gasteiger partial charge in [-0.05, 0) is 74.9 Å². The van der Waals surface area contributed by atoms with Gasteiger partial charge in [-0.1, -0.05) is 67.7 Å². The van der Waals surface area contributed by atoms with Crippen LogP contribution in [0.15, 0.2) is 81.2 Å². The Hall–Kier alpha value is -2.42. The molecule has 1 heterocycles. The zero-order valence-electron chi connectivity index (χ0n) is 22.1. The summed E-state index contributed by atoms with van der Waals surface area (Å²) in [7, 11) is -7.64. The van der Waals surface area contributed by atoms with Crippen LogP contribution in [0.1, 0.15) is 63.0 Å². The quantitative estimate of drug-likeness (QED) is 0.367. The number of unbranched alkanes of at least 4 members (excludes halogenated alkanes) is 3. The molecule has 8 heteroatoms. The number of nitrogens with zero attached hydrogens (tertiary/aromatic N) is 2. The molecule has 2 aromatic carbocycles. The summed E-state index contributed by atoms with van der Waals surface area (Å²) >= 11 is 0. The smallest absolute Gasteiger partial charge is 0.264 e. The van der Waals surface area contributed by atoms with E-state index in [2.05, 4.69) is 13.0 Å². The molecule has 0 fully saturated rings. The van der Waals surface area contributed by atoms with Gasteiger partial charge < -0.3 is 0 Å². The normalized spacial score (nSPS) is 17.4. The first kappa shape index (κ1) is 27.6. The van der Waals surface area contributed by atoms with E-state index in [1.165, 1.54) is 8.61 Å². The van der Waals surface area contributed by atoms with Gasteiger partial charge in [-0.3, -0.25) is 4.31 Å². The van der Waals surface area contributed by atoms with Gasteiger partial charge in [-0.25, -0.2) is 16.8 Å². The minimum absolute atomic E-state index is 0.0758. The minimum atomic E-state index is -3.87. The summed E-state index contributed by atoms with van der Waals surface area (Å²) in [6.45, 7) is 6.39. The Morgan fingerprint density at radius 3 is 1.95 bits per heavy atom. The Morgan fingerprint density at radius 2 is 1.35 bits per heavy atom. The van der Waals surface area contributed by atoms with Crippen molar-refractivity contribution in [2.24, 2.45) is 0 Å². The van der Waals surface area contributed by atoms with Gasteiger partial charge in [0.05, 0.1) is 15.5 Å². The first-order chi connectivity index (χ1) is 17.6. The highest BCUT2D eigenvalue weighted by Crippen LogP contribution is 2.37. The molecule has 0 radical (unpaired) electrons. The van der Waals surface area contributed by atoms with Crippen molar-refractivity contribution < 1.29 is 16.8 Å². The lowest BCUT2D eigenvalue weighted by atomic mass is 9.92. The molecule has 0 N–H and O–H groups in total. The fourth-order valence-electron chi connectivity index (χ4n) is 5.06. The van der Waals surface area contributed by atoms with Crippen molar-refractivity contribution in [1.29, 1.82) is 0 Å². The number of rotatable bonds is 9. The molecular formula is C29H38N2O4S2. The first-order valence-corrected chi connectivity index (χ1v) is 16.1. The van der Waals surface area contributed by atoms with Crippen LogP contribution in [0.25, 0.3) is 0 Å². The summed E-state index contributed by atoms with van der Waals surface area (Å²) in [4.78, 5) is 0.469. The molecule has 0 saturated heterocycles. The molecule has 0 bridgehead atoms. The second kappa shape index (κ2) is 11.5. The summed E-state index contributed by atoms with van der Waals surface area (Å²) in [6.07, 6.45) is 8.75. The van der Waals surface area contributed by atoms with Gasteiger partial charge in [-0.2, -0.15) is 4.31 Å². The monoisotopic (exact) mass is 542 g/mol. The fourth-order valence-corrected chi connectivity index (χ4v) is 8.03. The molecule has 2 aromatic rings. The van der Waals surface area contributed by atoms with Gasteiger partial charge in [0.1, 0.15) is 0 Å². The van der Waals surface area contributed by atoms with Crippen molar-refractivity contribution in [2.75, 3.05) is 19.6 Å². The highest BCUT2D eigenvalue weighted by atomic mass is 32.2. The number of hydrogen-bond acceptors (Lipinski definition) is 4. The molecule has 0 spiro atoms. The Labute approximate surface area is 222 Å². The highest BCUT2D eigenvalue weighted by Gasteiger charge is 2.37. The van der Waals surface area contributed by atoms with Crippen molar-refractivity contribution >= 4 is 20.0 Å². The van der Waals surface area contributed by atoms with E-state index < -0.39 is 20.0 Å². The standard InChI is InChI=1S/C29H38N2O4S2/c1-4-5-6-7-9-25-10-8-11-26-22-30(36(32,33)27-16-12-23(2)13-17-27)20-21-31(29(25)26)37(34,35)28-18-14-24(3)15-19-28/h10,12-19H,4-9,11,20-22H2,1-3H3. The average molecular weight is 543 g/mol. The lowest BCUT2D eigenvalue weighted by Crippen LogP contribution is -2.38. The Bertz CT molecular complexity index is 1370. The van der Waals surface area contributed by atoms with E-state index in [1.807, 2.05) is 13.8 Å². The molecule has 0 saturated carbocycles. The molecular weight excluding hydrogens is 504 g/mol. The molecule has 0 amide bonds. The maximum Gasteiger partial charge on any atom is 0.264 e. The molecule has 0 atom stereocenters. The molecule has 200 valence electrons. The second-order valence-corrected chi connectivity index (χ2v) is 13.9. The first-order valence-electron chi connectivity index (χ1n) is 13.2. The van der Waals surface area contributed by atoms with Crippen LogP contribution in [-0.4, -0.2) is 45.1 Å². The topological polar surface area (TPSA) is 74.8 Å². The fraction of sp³-hybridized carbons (Fsp3) is 0.448. The van der Waals surface area contributed by atoms with E-state index in [0.29, 0.717) is 12.1 Å². The number of aryl methyl sites for hydroxylation is 2. The zero-order chi connectivity index (χ0) is 26.6. The van der Waals surface area contributed by atoms with Crippen LogP contribution in [0.4, 0.5) is 0 Å². The van der Waals surface area contributed by atoms with Crippen LogP contribution in [-0.2, 0) is 20.0 Å². The summed E-state index contributed by atoms with van der Waals surface area (Å²) in [6, 6.07) is 13.7. The van der Waals surface area contributed by atoms with E-state index >= 15 is 0 Å². The molecule has 0 aromatic heterocycles.